The van der Waals surface area contributed by atoms with Gasteiger partial charge in [0, 0.05) is 6.54 Å². The average Bonchev–Trinajstić information content (AvgIpc) is 2.51. The van der Waals surface area contributed by atoms with Crippen molar-refractivity contribution >= 4 is 0 Å². The van der Waals surface area contributed by atoms with Gasteiger partial charge in [0.25, 0.3) is 0 Å². The predicted molar refractivity (Wildman–Crippen MR) is 78.6 cm³/mol. The van der Waals surface area contributed by atoms with Crippen molar-refractivity contribution in [2.24, 2.45) is 0 Å². The van der Waals surface area contributed by atoms with Crippen LogP contribution in [0.1, 0.15) is 28.3 Å². The number of aliphatic hydroxyl groups excluding tert-OH is 2. The van der Waals surface area contributed by atoms with E-state index >= 15 is 0 Å². The first kappa shape index (κ1) is 13.3. The Hall–Kier alpha value is -1.68. The summed E-state index contributed by atoms with van der Waals surface area (Å²) >= 11 is 0. The molecule has 1 unspecified atom stereocenters. The van der Waals surface area contributed by atoms with Gasteiger partial charge in [-0.15, -0.1) is 0 Å². The number of benzene rings is 2. The lowest BCUT2D eigenvalue weighted by Gasteiger charge is -2.30. The molecular formula is C17H19NO2. The summed E-state index contributed by atoms with van der Waals surface area (Å²) in [6, 6.07) is 16.9. The number of fused-ring (bicyclic) bond motifs is 2. The van der Waals surface area contributed by atoms with Gasteiger partial charge in [-0.2, -0.15) is 0 Å². The van der Waals surface area contributed by atoms with Crippen molar-refractivity contribution in [3.63, 3.8) is 0 Å². The molecule has 0 spiro atoms. The third kappa shape index (κ3) is 2.48. The minimum Gasteiger partial charge on any atom is -0.394 e. The Morgan fingerprint density at radius 2 is 1.55 bits per heavy atom. The van der Waals surface area contributed by atoms with Gasteiger partial charge in [0.1, 0.15) is 0 Å². The summed E-state index contributed by atoms with van der Waals surface area (Å²) in [7, 11) is 0. The zero-order valence-corrected chi connectivity index (χ0v) is 11.3. The normalized spacial score (nSPS) is 15.5. The maximum atomic E-state index is 9.57. The highest BCUT2D eigenvalue weighted by atomic mass is 16.3. The van der Waals surface area contributed by atoms with Crippen molar-refractivity contribution in [2.75, 3.05) is 13.2 Å². The van der Waals surface area contributed by atoms with E-state index in [1.165, 1.54) is 22.3 Å². The molecule has 0 aliphatic heterocycles. The van der Waals surface area contributed by atoms with Gasteiger partial charge in [0.05, 0.1) is 18.8 Å². The molecule has 1 aliphatic rings. The van der Waals surface area contributed by atoms with E-state index in [1.807, 2.05) is 12.1 Å². The van der Waals surface area contributed by atoms with Gasteiger partial charge in [0.15, 0.2) is 0 Å². The molecule has 1 atom stereocenters. The fourth-order valence-corrected chi connectivity index (χ4v) is 2.86. The maximum Gasteiger partial charge on any atom is 0.0895 e. The average molecular weight is 269 g/mol. The van der Waals surface area contributed by atoms with E-state index in [-0.39, 0.29) is 12.6 Å². The van der Waals surface area contributed by atoms with Crippen LogP contribution in [-0.2, 0) is 6.42 Å². The lowest BCUT2D eigenvalue weighted by atomic mass is 9.82. The van der Waals surface area contributed by atoms with Gasteiger partial charge in [-0.3, -0.25) is 0 Å². The molecule has 0 saturated heterocycles. The molecule has 1 aliphatic carbocycles. The molecular weight excluding hydrogens is 250 g/mol. The van der Waals surface area contributed by atoms with Crippen molar-refractivity contribution in [3.8, 4) is 0 Å². The van der Waals surface area contributed by atoms with Crippen molar-refractivity contribution in [1.29, 1.82) is 0 Å². The second kappa shape index (κ2) is 5.75. The molecule has 0 radical (unpaired) electrons. The van der Waals surface area contributed by atoms with Gasteiger partial charge < -0.3 is 15.5 Å². The maximum absolute atomic E-state index is 9.57. The lowest BCUT2D eigenvalue weighted by molar-refractivity contribution is 0.0928. The second-order valence-corrected chi connectivity index (χ2v) is 5.25. The van der Waals surface area contributed by atoms with Gasteiger partial charge in [-0.25, -0.2) is 0 Å². The minimum atomic E-state index is -0.726. The summed E-state index contributed by atoms with van der Waals surface area (Å²) in [5.74, 6) is 0. The van der Waals surface area contributed by atoms with Crippen LogP contribution in [0.4, 0.5) is 0 Å². The fraction of sp³-hybridized carbons (Fsp3) is 0.294. The Morgan fingerprint density at radius 1 is 1.00 bits per heavy atom. The Balaban J connectivity index is 1.95. The Labute approximate surface area is 118 Å². The topological polar surface area (TPSA) is 52.5 Å². The molecule has 104 valence electrons. The summed E-state index contributed by atoms with van der Waals surface area (Å²) in [5, 5.41) is 21.9. The summed E-state index contributed by atoms with van der Waals surface area (Å²) in [4.78, 5) is 0. The van der Waals surface area contributed by atoms with Gasteiger partial charge in [-0.1, -0.05) is 48.5 Å². The highest BCUT2D eigenvalue weighted by Gasteiger charge is 2.24. The van der Waals surface area contributed by atoms with E-state index in [2.05, 4.69) is 41.7 Å². The summed E-state index contributed by atoms with van der Waals surface area (Å²) in [5.41, 5.74) is 5.16. The molecule has 2 aromatic carbocycles. The molecule has 3 heteroatoms. The van der Waals surface area contributed by atoms with E-state index in [9.17, 15) is 5.11 Å². The molecule has 3 N–H and O–H groups in total. The van der Waals surface area contributed by atoms with E-state index in [4.69, 9.17) is 5.11 Å². The van der Waals surface area contributed by atoms with E-state index in [1.54, 1.807) is 0 Å². The van der Waals surface area contributed by atoms with Crippen LogP contribution >= 0.6 is 0 Å². The van der Waals surface area contributed by atoms with Crippen LogP contribution in [0.3, 0.4) is 0 Å². The van der Waals surface area contributed by atoms with E-state index < -0.39 is 6.10 Å². The van der Waals surface area contributed by atoms with Crippen molar-refractivity contribution < 1.29 is 10.2 Å². The van der Waals surface area contributed by atoms with E-state index in [0.717, 1.165) is 6.42 Å². The molecule has 2 aromatic rings. The summed E-state index contributed by atoms with van der Waals surface area (Å²) in [6.45, 7) is 0.160. The first-order valence-electron chi connectivity index (χ1n) is 6.97. The van der Waals surface area contributed by atoms with Crippen LogP contribution in [-0.4, -0.2) is 29.5 Å². The molecule has 3 rings (SSSR count). The van der Waals surface area contributed by atoms with Crippen LogP contribution in [0.5, 0.6) is 0 Å². The zero-order valence-electron chi connectivity index (χ0n) is 11.3. The summed E-state index contributed by atoms with van der Waals surface area (Å²) < 4.78 is 0. The Kier molecular flexibility index (Phi) is 3.83. The van der Waals surface area contributed by atoms with Crippen LogP contribution < -0.4 is 5.32 Å². The minimum absolute atomic E-state index is 0.0809. The van der Waals surface area contributed by atoms with Crippen LogP contribution in [0, 0.1) is 0 Å². The second-order valence-electron chi connectivity index (χ2n) is 5.25. The third-order valence-corrected chi connectivity index (χ3v) is 3.88. The largest absolute Gasteiger partial charge is 0.394 e. The van der Waals surface area contributed by atoms with Crippen LogP contribution in [0.15, 0.2) is 48.5 Å². The Bertz CT molecular complexity index is 552. The molecule has 0 amide bonds. The molecule has 0 aromatic heterocycles. The summed E-state index contributed by atoms with van der Waals surface area (Å²) in [6.07, 6.45) is 0.226. The van der Waals surface area contributed by atoms with Gasteiger partial charge >= 0.3 is 0 Å². The number of rotatable bonds is 4. The molecule has 0 heterocycles. The predicted octanol–water partition coefficient (Wildman–Crippen LogP) is 1.62. The third-order valence-electron chi connectivity index (χ3n) is 3.88. The first-order valence-corrected chi connectivity index (χ1v) is 6.97. The molecule has 0 saturated carbocycles. The number of aliphatic hydroxyl groups is 2. The molecule has 0 fully saturated rings. The molecule has 3 nitrogen and oxygen atoms in total. The van der Waals surface area contributed by atoms with E-state index in [0.29, 0.717) is 6.54 Å². The van der Waals surface area contributed by atoms with Gasteiger partial charge in [0.2, 0.25) is 0 Å². The standard InChI is InChI=1S/C17H19NO2/c19-11-14(20)10-18-17-15-7-3-1-5-12(15)9-13-6-2-4-8-16(13)17/h1-8,14,17-20H,9-11H2. The SMILES string of the molecule is OCC(O)CNC1c2ccccc2Cc2ccccc21. The molecule has 0 bridgehead atoms. The highest BCUT2D eigenvalue weighted by molar-refractivity contribution is 5.48. The van der Waals surface area contributed by atoms with Gasteiger partial charge in [-0.05, 0) is 28.7 Å². The smallest absolute Gasteiger partial charge is 0.0895 e. The van der Waals surface area contributed by atoms with Crippen LogP contribution in [0.25, 0.3) is 0 Å². The number of nitrogens with one attached hydrogen (secondary N) is 1. The number of hydrogen-bond donors (Lipinski definition) is 3. The number of hydrogen-bond acceptors (Lipinski definition) is 3. The Morgan fingerprint density at radius 3 is 2.10 bits per heavy atom. The lowest BCUT2D eigenvalue weighted by Crippen LogP contribution is -2.34. The van der Waals surface area contributed by atoms with Crippen molar-refractivity contribution in [1.82, 2.24) is 5.32 Å². The quantitative estimate of drug-likeness (QED) is 0.790. The first-order chi connectivity index (χ1) is 9.79. The fourth-order valence-electron chi connectivity index (χ4n) is 2.86. The van der Waals surface area contributed by atoms with Crippen molar-refractivity contribution in [3.05, 3.63) is 70.8 Å². The molecule has 20 heavy (non-hydrogen) atoms. The monoisotopic (exact) mass is 269 g/mol. The zero-order chi connectivity index (χ0) is 13.9. The van der Waals surface area contributed by atoms with Crippen molar-refractivity contribution in [2.45, 2.75) is 18.6 Å². The van der Waals surface area contributed by atoms with Crippen LogP contribution in [0.2, 0.25) is 0 Å². The highest BCUT2D eigenvalue weighted by Crippen LogP contribution is 2.34.